The number of amides is 1. The molecule has 5 nitrogen and oxygen atoms in total. The summed E-state index contributed by atoms with van der Waals surface area (Å²) in [5, 5.41) is 6.54. The number of oxime groups is 1. The van der Waals surface area contributed by atoms with E-state index in [0.717, 1.165) is 12.1 Å². The van der Waals surface area contributed by atoms with Gasteiger partial charge in [-0.25, -0.2) is 0 Å². The van der Waals surface area contributed by atoms with Gasteiger partial charge >= 0.3 is 6.18 Å². The second-order valence-electron chi connectivity index (χ2n) is 7.16. The van der Waals surface area contributed by atoms with Crippen molar-refractivity contribution in [3.05, 3.63) is 63.6 Å². The third-order valence-corrected chi connectivity index (χ3v) is 4.89. The van der Waals surface area contributed by atoms with Gasteiger partial charge in [0, 0.05) is 33.3 Å². The van der Waals surface area contributed by atoms with E-state index >= 15 is 0 Å². The number of nitrogens with one attached hydrogen (secondary N) is 1. The smallest absolute Gasteiger partial charge is 0.374 e. The fraction of sp³-hybridized carbons (Fsp3) is 0.300. The zero-order chi connectivity index (χ0) is 22.1. The summed E-state index contributed by atoms with van der Waals surface area (Å²) in [6, 6.07) is 10.1. The zero-order valence-corrected chi connectivity index (χ0v) is 17.6. The van der Waals surface area contributed by atoms with E-state index < -0.39 is 18.2 Å². The van der Waals surface area contributed by atoms with Crippen molar-refractivity contribution in [1.29, 1.82) is 0 Å². The number of anilines is 1. The number of hydrogen-bond donors (Lipinski definition) is 1. The summed E-state index contributed by atoms with van der Waals surface area (Å²) in [5.74, 6) is -0.250. The predicted octanol–water partition coefficient (Wildman–Crippen LogP) is 5.08. The summed E-state index contributed by atoms with van der Waals surface area (Å²) in [6.45, 7) is 0.168. The van der Waals surface area contributed by atoms with E-state index in [-0.39, 0.29) is 33.8 Å². The molecule has 1 amide bonds. The Morgan fingerprint density at radius 2 is 1.87 bits per heavy atom. The lowest BCUT2D eigenvalue weighted by Crippen LogP contribution is -2.42. The van der Waals surface area contributed by atoms with Gasteiger partial charge in [-0.05, 0) is 44.4 Å². The molecule has 0 aromatic heterocycles. The molecule has 10 heteroatoms. The Morgan fingerprint density at radius 1 is 1.20 bits per heavy atom. The molecule has 1 heterocycles. The summed E-state index contributed by atoms with van der Waals surface area (Å²) >= 11 is 11.8. The largest absolute Gasteiger partial charge is 0.435 e. The molecular weight excluding hydrogens is 442 g/mol. The minimum absolute atomic E-state index is 0.0591. The standard InChI is InChI=1S/C20H18Cl2F3N3O2/c1-28(2)11-18(29)26-16-5-3-4-12(6-16)17-10-19(30-27-17,20(23,24)25)13-7-14(21)9-15(22)8-13/h3-9H,10-11H2,1-2H3,(H,26,29). The molecule has 2 aromatic carbocycles. The highest BCUT2D eigenvalue weighted by Gasteiger charge is 2.62. The molecule has 160 valence electrons. The Morgan fingerprint density at radius 3 is 2.47 bits per heavy atom. The SMILES string of the molecule is CN(C)CC(=O)Nc1cccc(C2=NOC(c3cc(Cl)cc(Cl)c3)(C(F)(F)F)C2)c1. The topological polar surface area (TPSA) is 53.9 Å². The summed E-state index contributed by atoms with van der Waals surface area (Å²) in [5.41, 5.74) is -2.01. The van der Waals surface area contributed by atoms with Gasteiger partial charge in [-0.3, -0.25) is 4.79 Å². The number of likely N-dealkylation sites (N-methyl/N-ethyl adjacent to an activating group) is 1. The van der Waals surface area contributed by atoms with Gasteiger partial charge in [0.2, 0.25) is 5.91 Å². The van der Waals surface area contributed by atoms with E-state index in [9.17, 15) is 18.0 Å². The van der Waals surface area contributed by atoms with E-state index in [0.29, 0.717) is 11.3 Å². The number of benzene rings is 2. The van der Waals surface area contributed by atoms with Crippen LogP contribution in [0.5, 0.6) is 0 Å². The van der Waals surface area contributed by atoms with E-state index in [1.165, 1.54) is 6.07 Å². The van der Waals surface area contributed by atoms with Crippen LogP contribution in [0.4, 0.5) is 18.9 Å². The zero-order valence-electron chi connectivity index (χ0n) is 16.1. The quantitative estimate of drug-likeness (QED) is 0.678. The number of carbonyl (C=O) groups excluding carboxylic acids is 1. The fourth-order valence-corrected chi connectivity index (χ4v) is 3.64. The van der Waals surface area contributed by atoms with Crippen molar-refractivity contribution in [1.82, 2.24) is 4.90 Å². The van der Waals surface area contributed by atoms with Crippen LogP contribution in [0, 0.1) is 0 Å². The van der Waals surface area contributed by atoms with Gasteiger partial charge in [-0.15, -0.1) is 0 Å². The van der Waals surface area contributed by atoms with Crippen LogP contribution in [-0.2, 0) is 15.2 Å². The van der Waals surface area contributed by atoms with Crippen molar-refractivity contribution < 1.29 is 22.8 Å². The van der Waals surface area contributed by atoms with E-state index in [1.54, 1.807) is 43.3 Å². The van der Waals surface area contributed by atoms with Gasteiger partial charge < -0.3 is 15.1 Å². The number of hydrogen-bond acceptors (Lipinski definition) is 4. The normalized spacial score (nSPS) is 18.9. The van der Waals surface area contributed by atoms with Crippen LogP contribution in [0.25, 0.3) is 0 Å². The molecule has 0 radical (unpaired) electrons. The average molecular weight is 460 g/mol. The van der Waals surface area contributed by atoms with Crippen LogP contribution in [0.3, 0.4) is 0 Å². The summed E-state index contributed by atoms with van der Waals surface area (Å²) in [6.07, 6.45) is -5.34. The van der Waals surface area contributed by atoms with Crippen molar-refractivity contribution in [3.63, 3.8) is 0 Å². The summed E-state index contributed by atoms with van der Waals surface area (Å²) in [7, 11) is 3.50. The maximum absolute atomic E-state index is 14.1. The number of halogens is 5. The Labute approximate surface area is 181 Å². The molecule has 0 bridgehead atoms. The molecule has 1 aliphatic rings. The maximum Gasteiger partial charge on any atom is 0.435 e. The minimum Gasteiger partial charge on any atom is -0.374 e. The summed E-state index contributed by atoms with van der Waals surface area (Å²) < 4.78 is 42.2. The highest BCUT2D eigenvalue weighted by atomic mass is 35.5. The van der Waals surface area contributed by atoms with Crippen LogP contribution < -0.4 is 5.32 Å². The van der Waals surface area contributed by atoms with Crippen LogP contribution in [0.2, 0.25) is 10.0 Å². The van der Waals surface area contributed by atoms with Crippen molar-refractivity contribution in [2.24, 2.45) is 5.16 Å². The molecule has 2 aromatic rings. The van der Waals surface area contributed by atoms with Gasteiger partial charge in [0.25, 0.3) is 5.60 Å². The molecule has 0 spiro atoms. The van der Waals surface area contributed by atoms with Crippen LogP contribution in [-0.4, -0.2) is 43.3 Å². The van der Waals surface area contributed by atoms with Gasteiger partial charge in [0.05, 0.1) is 12.3 Å². The van der Waals surface area contributed by atoms with Crippen molar-refractivity contribution >= 4 is 40.5 Å². The molecule has 0 aliphatic carbocycles. The first-order chi connectivity index (χ1) is 14.0. The highest BCUT2D eigenvalue weighted by Crippen LogP contribution is 2.49. The lowest BCUT2D eigenvalue weighted by atomic mass is 9.86. The molecule has 3 rings (SSSR count). The van der Waals surface area contributed by atoms with Crippen LogP contribution in [0.15, 0.2) is 47.6 Å². The number of carbonyl (C=O) groups is 1. The second kappa shape index (κ2) is 8.45. The molecule has 1 atom stereocenters. The number of alkyl halides is 3. The van der Waals surface area contributed by atoms with Crippen molar-refractivity contribution in [2.75, 3.05) is 26.0 Å². The second-order valence-corrected chi connectivity index (χ2v) is 8.03. The van der Waals surface area contributed by atoms with Crippen LogP contribution in [0.1, 0.15) is 17.5 Å². The van der Waals surface area contributed by atoms with Gasteiger partial charge in [0.15, 0.2) is 0 Å². The fourth-order valence-electron chi connectivity index (χ4n) is 3.11. The maximum atomic E-state index is 14.1. The number of nitrogens with zero attached hydrogens (tertiary/aromatic N) is 2. The lowest BCUT2D eigenvalue weighted by molar-refractivity contribution is -0.275. The Bertz CT molecular complexity index is 975. The molecule has 1 unspecified atom stereocenters. The minimum atomic E-state index is -4.77. The molecule has 30 heavy (non-hydrogen) atoms. The van der Waals surface area contributed by atoms with Crippen molar-refractivity contribution in [2.45, 2.75) is 18.2 Å². The van der Waals surface area contributed by atoms with Gasteiger partial charge in [-0.2, -0.15) is 13.2 Å². The third kappa shape index (κ3) is 4.71. The summed E-state index contributed by atoms with van der Waals surface area (Å²) in [4.78, 5) is 18.6. The van der Waals surface area contributed by atoms with Crippen molar-refractivity contribution in [3.8, 4) is 0 Å². The Kier molecular flexibility index (Phi) is 6.31. The third-order valence-electron chi connectivity index (χ3n) is 4.45. The predicted molar refractivity (Wildman–Crippen MR) is 110 cm³/mol. The molecule has 0 fully saturated rings. The van der Waals surface area contributed by atoms with Gasteiger partial charge in [-0.1, -0.05) is 40.5 Å². The number of rotatable bonds is 5. The first-order valence-corrected chi connectivity index (χ1v) is 9.59. The first-order valence-electron chi connectivity index (χ1n) is 8.83. The van der Waals surface area contributed by atoms with E-state index in [1.807, 2.05) is 0 Å². The highest BCUT2D eigenvalue weighted by molar-refractivity contribution is 6.34. The Hall–Kier alpha value is -2.29. The monoisotopic (exact) mass is 459 g/mol. The molecule has 1 aliphatic heterocycles. The average Bonchev–Trinajstić information content (AvgIpc) is 3.07. The molecule has 0 saturated heterocycles. The van der Waals surface area contributed by atoms with E-state index in [4.69, 9.17) is 28.0 Å². The molecular formula is C20H18Cl2F3N3O2. The lowest BCUT2D eigenvalue weighted by Gasteiger charge is -2.29. The molecule has 0 saturated carbocycles. The van der Waals surface area contributed by atoms with E-state index in [2.05, 4.69) is 10.5 Å². The molecule has 1 N–H and O–H groups in total. The first kappa shape index (κ1) is 22.4. The van der Waals surface area contributed by atoms with Crippen LogP contribution >= 0.6 is 23.2 Å². The Balaban J connectivity index is 1.89. The van der Waals surface area contributed by atoms with Gasteiger partial charge in [0.1, 0.15) is 0 Å².